The fraction of sp³-hybridized carbons (Fsp3) is 0.182. The molecule has 0 atom stereocenters. The first kappa shape index (κ1) is 22.8. The van der Waals surface area contributed by atoms with E-state index in [0.29, 0.717) is 39.0 Å². The van der Waals surface area contributed by atoms with Gasteiger partial charge in [0.2, 0.25) is 0 Å². The van der Waals surface area contributed by atoms with E-state index >= 15 is 0 Å². The molecule has 0 spiro atoms. The van der Waals surface area contributed by atoms with Crippen LogP contribution in [0.3, 0.4) is 0 Å². The first-order valence-electron chi connectivity index (χ1n) is 9.03. The first-order chi connectivity index (χ1) is 14.6. The van der Waals surface area contributed by atoms with Crippen LogP contribution in [0.15, 0.2) is 42.5 Å². The Morgan fingerprint density at radius 3 is 2.45 bits per heavy atom. The molecule has 3 aromatic rings. The Hall–Kier alpha value is -2.84. The molecule has 162 valence electrons. The van der Waals surface area contributed by atoms with E-state index in [4.69, 9.17) is 21.4 Å². The number of alkyl halides is 3. The zero-order chi connectivity index (χ0) is 22.8. The Bertz CT molecular complexity index is 1140. The second-order valence-corrected chi connectivity index (χ2v) is 7.92. The average molecular weight is 468 g/mol. The van der Waals surface area contributed by atoms with Crippen molar-refractivity contribution < 1.29 is 27.8 Å². The largest absolute Gasteiger partial charge is 0.488 e. The minimum Gasteiger partial charge on any atom is -0.488 e. The van der Waals surface area contributed by atoms with Crippen LogP contribution in [0.1, 0.15) is 27.1 Å². The Morgan fingerprint density at radius 2 is 1.84 bits per heavy atom. The molecule has 0 bridgehead atoms. The van der Waals surface area contributed by atoms with Crippen LogP contribution in [-0.2, 0) is 17.6 Å². The summed E-state index contributed by atoms with van der Waals surface area (Å²) in [5, 5.41) is 9.26. The minimum absolute atomic E-state index is 0.0493. The molecule has 1 aromatic heterocycles. The average Bonchev–Trinajstić information content (AvgIpc) is 3.13. The molecule has 0 aliphatic carbocycles. The maximum absolute atomic E-state index is 13.6. The number of carbonyl (C=O) groups is 1. The van der Waals surface area contributed by atoms with E-state index in [9.17, 15) is 18.0 Å². The number of ether oxygens (including phenoxy) is 1. The van der Waals surface area contributed by atoms with Crippen LogP contribution in [-0.4, -0.2) is 15.4 Å². The van der Waals surface area contributed by atoms with Crippen LogP contribution in [0.25, 0.3) is 17.3 Å². The topological polar surface area (TPSA) is 59.4 Å². The highest BCUT2D eigenvalue weighted by atomic mass is 35.5. The van der Waals surface area contributed by atoms with Crippen molar-refractivity contribution in [1.29, 1.82) is 0 Å². The number of aromatic nitrogens is 1. The number of benzene rings is 2. The van der Waals surface area contributed by atoms with Crippen LogP contribution < -0.4 is 4.74 Å². The predicted octanol–water partition coefficient (Wildman–Crippen LogP) is 6.78. The lowest BCUT2D eigenvalue weighted by molar-refractivity contribution is -0.135. The third-order valence-corrected chi connectivity index (χ3v) is 5.91. The van der Waals surface area contributed by atoms with Crippen molar-refractivity contribution in [1.82, 2.24) is 4.37 Å². The molecule has 0 aliphatic heterocycles. The SMILES string of the molecule is Cc1c(C=CC(=O)O)ccc(OCc2c(-c3ccc(Cl)cc3)nsc2C(F)(F)F)c1C. The van der Waals surface area contributed by atoms with Gasteiger partial charge in [0, 0.05) is 22.2 Å². The number of nitrogens with zero attached hydrogens (tertiary/aromatic N) is 1. The quantitative estimate of drug-likeness (QED) is 0.406. The lowest BCUT2D eigenvalue weighted by Gasteiger charge is -2.15. The summed E-state index contributed by atoms with van der Waals surface area (Å²) in [6.07, 6.45) is -2.08. The number of halogens is 4. The molecule has 1 heterocycles. The van der Waals surface area contributed by atoms with Gasteiger partial charge in [0.05, 0.1) is 5.69 Å². The minimum atomic E-state index is -4.56. The number of aliphatic carboxylic acids is 1. The lowest BCUT2D eigenvalue weighted by atomic mass is 10.0. The number of rotatable bonds is 6. The fourth-order valence-electron chi connectivity index (χ4n) is 2.97. The molecule has 0 amide bonds. The van der Waals surface area contributed by atoms with Gasteiger partial charge in [0.1, 0.15) is 17.2 Å². The molecule has 4 nitrogen and oxygen atoms in total. The number of hydrogen-bond donors (Lipinski definition) is 1. The molecule has 2 aromatic carbocycles. The molecule has 9 heteroatoms. The molecule has 3 rings (SSSR count). The van der Waals surface area contributed by atoms with E-state index in [-0.39, 0.29) is 17.9 Å². The van der Waals surface area contributed by atoms with Gasteiger partial charge in [0.25, 0.3) is 0 Å². The maximum Gasteiger partial charge on any atom is 0.427 e. The highest BCUT2D eigenvalue weighted by Gasteiger charge is 2.38. The summed E-state index contributed by atoms with van der Waals surface area (Å²) in [5.74, 6) is -0.664. The smallest absolute Gasteiger partial charge is 0.427 e. The van der Waals surface area contributed by atoms with E-state index in [1.165, 1.54) is 6.08 Å². The third-order valence-electron chi connectivity index (χ3n) is 4.72. The van der Waals surface area contributed by atoms with Crippen LogP contribution in [0.4, 0.5) is 13.2 Å². The summed E-state index contributed by atoms with van der Waals surface area (Å²) in [6.45, 7) is 3.23. The Morgan fingerprint density at radius 1 is 1.16 bits per heavy atom. The zero-order valence-corrected chi connectivity index (χ0v) is 18.0. The Kier molecular flexibility index (Phi) is 6.71. The van der Waals surface area contributed by atoms with Crippen LogP contribution >= 0.6 is 23.1 Å². The third kappa shape index (κ3) is 5.26. The van der Waals surface area contributed by atoms with Gasteiger partial charge in [0.15, 0.2) is 0 Å². The van der Waals surface area contributed by atoms with E-state index in [0.717, 1.165) is 11.6 Å². The highest BCUT2D eigenvalue weighted by molar-refractivity contribution is 7.06. The van der Waals surface area contributed by atoms with Gasteiger partial charge in [-0.15, -0.1) is 0 Å². The summed E-state index contributed by atoms with van der Waals surface area (Å²) in [7, 11) is 0. The lowest BCUT2D eigenvalue weighted by Crippen LogP contribution is -2.09. The van der Waals surface area contributed by atoms with Gasteiger partial charge < -0.3 is 9.84 Å². The summed E-state index contributed by atoms with van der Waals surface area (Å²) in [4.78, 5) is 9.92. The maximum atomic E-state index is 13.6. The molecule has 0 unspecified atom stereocenters. The number of hydrogen-bond acceptors (Lipinski definition) is 4. The summed E-state index contributed by atoms with van der Waals surface area (Å²) >= 11 is 6.27. The summed E-state index contributed by atoms with van der Waals surface area (Å²) in [5.41, 5.74) is 2.82. The molecule has 0 radical (unpaired) electrons. The van der Waals surface area contributed by atoms with Crippen molar-refractivity contribution >= 4 is 35.2 Å². The monoisotopic (exact) mass is 467 g/mol. The molecule has 0 fully saturated rings. The van der Waals surface area contributed by atoms with Crippen molar-refractivity contribution in [2.24, 2.45) is 0 Å². The summed E-state index contributed by atoms with van der Waals surface area (Å²) < 4.78 is 50.4. The molecular formula is C22H17ClF3NO3S. The molecular weight excluding hydrogens is 451 g/mol. The van der Waals surface area contributed by atoms with Crippen molar-refractivity contribution in [3.8, 4) is 17.0 Å². The van der Waals surface area contributed by atoms with E-state index in [1.807, 2.05) is 0 Å². The fourth-order valence-corrected chi connectivity index (χ4v) is 3.86. The molecule has 1 N–H and O–H groups in total. The molecule has 0 aliphatic rings. The standard InChI is InChI=1S/C22H17ClF3NO3S/c1-12-13(2)18(9-5-14(12)6-10-19(28)29)30-11-17-20(15-3-7-16(23)8-4-15)27-31-21(17)22(24,25)26/h3-10H,11H2,1-2H3,(H,28,29). The second-order valence-electron chi connectivity index (χ2n) is 6.71. The van der Waals surface area contributed by atoms with Crippen LogP contribution in [0, 0.1) is 13.8 Å². The van der Waals surface area contributed by atoms with Gasteiger partial charge in [-0.3, -0.25) is 0 Å². The van der Waals surface area contributed by atoms with Gasteiger partial charge >= 0.3 is 12.1 Å². The highest BCUT2D eigenvalue weighted by Crippen LogP contribution is 2.40. The normalized spacial score (nSPS) is 11.8. The second kappa shape index (κ2) is 9.11. The Balaban J connectivity index is 1.94. The number of carboxylic acid groups (broad SMARTS) is 1. The summed E-state index contributed by atoms with van der Waals surface area (Å²) in [6, 6.07) is 9.67. The van der Waals surface area contributed by atoms with Gasteiger partial charge in [-0.25, -0.2) is 4.79 Å². The molecule has 31 heavy (non-hydrogen) atoms. The molecule has 0 saturated heterocycles. The van der Waals surface area contributed by atoms with E-state index < -0.39 is 17.0 Å². The van der Waals surface area contributed by atoms with Crippen molar-refractivity contribution in [2.75, 3.05) is 0 Å². The molecule has 0 saturated carbocycles. The van der Waals surface area contributed by atoms with Crippen molar-refractivity contribution in [3.63, 3.8) is 0 Å². The van der Waals surface area contributed by atoms with E-state index in [2.05, 4.69) is 4.37 Å². The number of carboxylic acids is 1. The van der Waals surface area contributed by atoms with Gasteiger partial charge in [-0.1, -0.05) is 29.8 Å². The Labute approximate surface area is 185 Å². The van der Waals surface area contributed by atoms with E-state index in [1.54, 1.807) is 50.2 Å². The van der Waals surface area contributed by atoms with Gasteiger partial charge in [-0.2, -0.15) is 17.5 Å². The van der Waals surface area contributed by atoms with Crippen LogP contribution in [0.2, 0.25) is 5.02 Å². The predicted molar refractivity (Wildman–Crippen MR) is 114 cm³/mol. The van der Waals surface area contributed by atoms with Crippen molar-refractivity contribution in [2.45, 2.75) is 26.6 Å². The van der Waals surface area contributed by atoms with Crippen LogP contribution in [0.5, 0.6) is 5.75 Å². The first-order valence-corrected chi connectivity index (χ1v) is 10.2. The zero-order valence-electron chi connectivity index (χ0n) is 16.5. The van der Waals surface area contributed by atoms with Crippen molar-refractivity contribution in [3.05, 3.63) is 74.6 Å². The van der Waals surface area contributed by atoms with Gasteiger partial charge in [-0.05, 0) is 66.3 Å².